The van der Waals surface area contributed by atoms with E-state index in [0.717, 1.165) is 42.4 Å². The molecule has 198 valence electrons. The van der Waals surface area contributed by atoms with Gasteiger partial charge in [0.1, 0.15) is 18.1 Å². The molecule has 0 amide bonds. The van der Waals surface area contributed by atoms with E-state index in [1.54, 1.807) is 6.07 Å². The average Bonchev–Trinajstić information content (AvgIpc) is 3.33. The van der Waals surface area contributed by atoms with Gasteiger partial charge in [-0.25, -0.2) is 18.7 Å². The highest BCUT2D eigenvalue weighted by Crippen LogP contribution is 2.39. The zero-order valence-electron chi connectivity index (χ0n) is 22.1. The zero-order chi connectivity index (χ0) is 26.4. The predicted molar refractivity (Wildman–Crippen MR) is 146 cm³/mol. The first kappa shape index (κ1) is 24.8. The van der Waals surface area contributed by atoms with Gasteiger partial charge in [-0.2, -0.15) is 0 Å². The molecule has 6 rings (SSSR count). The molecule has 0 bridgehead atoms. The lowest BCUT2D eigenvalue weighted by atomic mass is 9.94. The van der Waals surface area contributed by atoms with Crippen molar-refractivity contribution in [2.45, 2.75) is 45.1 Å². The Labute approximate surface area is 221 Å². The fourth-order valence-corrected chi connectivity index (χ4v) is 5.70. The monoisotopic (exact) mass is 517 g/mol. The minimum atomic E-state index is -0.579. The molecule has 0 spiro atoms. The van der Waals surface area contributed by atoms with Crippen molar-refractivity contribution < 1.29 is 13.5 Å². The number of hydrogen-bond acceptors (Lipinski definition) is 5. The van der Waals surface area contributed by atoms with Crippen LogP contribution in [0.3, 0.4) is 0 Å². The summed E-state index contributed by atoms with van der Waals surface area (Å²) in [6.07, 6.45) is 3.95. The van der Waals surface area contributed by atoms with Crippen LogP contribution in [0.5, 0.6) is 5.75 Å². The molecule has 2 aliphatic heterocycles. The number of anilines is 1. The minimum absolute atomic E-state index is 0.0956. The zero-order valence-corrected chi connectivity index (χ0v) is 22.1. The van der Waals surface area contributed by atoms with Gasteiger partial charge in [0.05, 0.1) is 18.4 Å². The number of aromatic amines is 1. The van der Waals surface area contributed by atoms with Gasteiger partial charge in [-0.1, -0.05) is 6.07 Å². The molecule has 6 nitrogen and oxygen atoms in total. The van der Waals surface area contributed by atoms with E-state index in [-0.39, 0.29) is 17.5 Å². The van der Waals surface area contributed by atoms with Crippen LogP contribution < -0.4 is 9.64 Å². The summed E-state index contributed by atoms with van der Waals surface area (Å²) in [6.45, 7) is 7.38. The van der Waals surface area contributed by atoms with Crippen molar-refractivity contribution in [3.8, 4) is 17.0 Å². The highest BCUT2D eigenvalue weighted by atomic mass is 19.1. The van der Waals surface area contributed by atoms with E-state index < -0.39 is 11.6 Å². The molecular formula is C30H33F2N5O. The van der Waals surface area contributed by atoms with Gasteiger partial charge in [0.15, 0.2) is 17.4 Å². The second-order valence-corrected chi connectivity index (χ2v) is 10.8. The Morgan fingerprint density at radius 3 is 2.66 bits per heavy atom. The summed E-state index contributed by atoms with van der Waals surface area (Å²) in [6, 6.07) is 11.8. The van der Waals surface area contributed by atoms with Gasteiger partial charge in [-0.05, 0) is 88.1 Å². The summed E-state index contributed by atoms with van der Waals surface area (Å²) < 4.78 is 35.5. The van der Waals surface area contributed by atoms with Crippen LogP contribution in [-0.2, 0) is 6.42 Å². The number of benzene rings is 2. The van der Waals surface area contributed by atoms with Crippen LogP contribution in [0.25, 0.3) is 22.2 Å². The second kappa shape index (κ2) is 9.98. The van der Waals surface area contributed by atoms with Crippen molar-refractivity contribution in [3.63, 3.8) is 0 Å². The maximum Gasteiger partial charge on any atom is 0.178 e. The number of piperidine rings is 1. The van der Waals surface area contributed by atoms with Gasteiger partial charge in [0, 0.05) is 35.2 Å². The van der Waals surface area contributed by atoms with E-state index in [1.165, 1.54) is 18.0 Å². The summed E-state index contributed by atoms with van der Waals surface area (Å²) in [4.78, 5) is 16.8. The Bertz CT molecular complexity index is 1480. The summed E-state index contributed by atoms with van der Waals surface area (Å²) in [7, 11) is 2.17. The fourth-order valence-electron chi connectivity index (χ4n) is 5.70. The van der Waals surface area contributed by atoms with Crippen LogP contribution in [0.2, 0.25) is 0 Å². The third-order valence-corrected chi connectivity index (χ3v) is 7.83. The van der Waals surface area contributed by atoms with E-state index in [9.17, 15) is 4.39 Å². The van der Waals surface area contributed by atoms with Crippen LogP contribution in [0.15, 0.2) is 42.6 Å². The SMILES string of the molecule is CC(C)N1CCOc2c(F)cc(-c3nc(Cc4ccc5[nH]c(C6CCN(C)CC6)cc5c4)ncc3F)cc21. The average molecular weight is 518 g/mol. The van der Waals surface area contributed by atoms with Gasteiger partial charge < -0.3 is 19.5 Å². The van der Waals surface area contributed by atoms with Crippen molar-refractivity contribution in [2.75, 3.05) is 38.2 Å². The number of halogens is 2. The van der Waals surface area contributed by atoms with Crippen molar-refractivity contribution in [1.29, 1.82) is 0 Å². The van der Waals surface area contributed by atoms with Gasteiger partial charge in [0.2, 0.25) is 0 Å². The van der Waals surface area contributed by atoms with E-state index in [4.69, 9.17) is 4.74 Å². The van der Waals surface area contributed by atoms with Crippen LogP contribution in [0, 0.1) is 11.6 Å². The number of aromatic nitrogens is 3. The van der Waals surface area contributed by atoms with E-state index in [2.05, 4.69) is 56.1 Å². The van der Waals surface area contributed by atoms with Gasteiger partial charge in [-0.3, -0.25) is 0 Å². The van der Waals surface area contributed by atoms with E-state index in [0.29, 0.717) is 42.6 Å². The molecule has 2 aromatic heterocycles. The van der Waals surface area contributed by atoms with Crippen LogP contribution in [0.1, 0.15) is 49.7 Å². The molecule has 4 aromatic rings. The van der Waals surface area contributed by atoms with Gasteiger partial charge >= 0.3 is 0 Å². The van der Waals surface area contributed by atoms with Crippen LogP contribution in [0.4, 0.5) is 14.5 Å². The molecule has 2 aliphatic rings. The Morgan fingerprint density at radius 1 is 1.05 bits per heavy atom. The molecule has 4 heterocycles. The summed E-state index contributed by atoms with van der Waals surface area (Å²) >= 11 is 0. The van der Waals surface area contributed by atoms with Crippen molar-refractivity contribution in [3.05, 3.63) is 71.3 Å². The lowest BCUT2D eigenvalue weighted by molar-refractivity contribution is 0.254. The molecule has 0 atom stereocenters. The molecule has 0 radical (unpaired) electrons. The third kappa shape index (κ3) is 4.73. The number of fused-ring (bicyclic) bond motifs is 2. The molecular weight excluding hydrogens is 484 g/mol. The maximum atomic E-state index is 15.0. The number of H-pyrrole nitrogens is 1. The first-order chi connectivity index (χ1) is 18.4. The number of nitrogens with one attached hydrogen (secondary N) is 1. The highest BCUT2D eigenvalue weighted by molar-refractivity contribution is 5.81. The third-order valence-electron chi connectivity index (χ3n) is 7.83. The first-order valence-electron chi connectivity index (χ1n) is 13.4. The largest absolute Gasteiger partial charge is 0.486 e. The van der Waals surface area contributed by atoms with Crippen molar-refractivity contribution >= 4 is 16.6 Å². The lowest BCUT2D eigenvalue weighted by Crippen LogP contribution is -2.38. The van der Waals surface area contributed by atoms with Crippen LogP contribution in [-0.4, -0.2) is 59.2 Å². The van der Waals surface area contributed by atoms with E-state index in [1.807, 2.05) is 13.8 Å². The fraction of sp³-hybridized carbons (Fsp3) is 0.400. The first-order valence-corrected chi connectivity index (χ1v) is 13.4. The molecule has 0 aliphatic carbocycles. The van der Waals surface area contributed by atoms with Crippen molar-refractivity contribution in [1.82, 2.24) is 19.9 Å². The summed E-state index contributed by atoms with van der Waals surface area (Å²) in [5.41, 5.74) is 4.55. The Morgan fingerprint density at radius 2 is 1.87 bits per heavy atom. The number of likely N-dealkylation sites (tertiary alicyclic amines) is 1. The predicted octanol–water partition coefficient (Wildman–Crippen LogP) is 5.91. The summed E-state index contributed by atoms with van der Waals surface area (Å²) in [5.74, 6) is 0.161. The second-order valence-electron chi connectivity index (χ2n) is 10.8. The number of nitrogens with zero attached hydrogens (tertiary/aromatic N) is 4. The molecule has 1 fully saturated rings. The minimum Gasteiger partial charge on any atom is -0.486 e. The summed E-state index contributed by atoms with van der Waals surface area (Å²) in [5, 5.41) is 1.16. The quantitative estimate of drug-likeness (QED) is 0.357. The highest BCUT2D eigenvalue weighted by Gasteiger charge is 2.26. The van der Waals surface area contributed by atoms with Gasteiger partial charge in [-0.15, -0.1) is 0 Å². The Kier molecular flexibility index (Phi) is 6.51. The Hall–Kier alpha value is -3.52. The molecule has 2 aromatic carbocycles. The molecule has 0 unspecified atom stereocenters. The molecule has 1 saturated heterocycles. The maximum absolute atomic E-state index is 15.0. The number of hydrogen-bond donors (Lipinski definition) is 1. The smallest absolute Gasteiger partial charge is 0.178 e. The van der Waals surface area contributed by atoms with Gasteiger partial charge in [0.25, 0.3) is 0 Å². The molecule has 0 saturated carbocycles. The molecule has 8 heteroatoms. The number of ether oxygens (including phenoxy) is 1. The molecule has 38 heavy (non-hydrogen) atoms. The number of rotatable bonds is 5. The normalized spacial score (nSPS) is 16.7. The Balaban J connectivity index is 1.28. The topological polar surface area (TPSA) is 57.3 Å². The lowest BCUT2D eigenvalue weighted by Gasteiger charge is -2.34. The standard InChI is InChI=1S/C30H33F2N5O/c1-18(2)37-10-11-38-30-23(31)14-22(16-27(30)37)29-24(32)17-33-28(35-29)13-19-4-5-25-21(12-19)15-26(34-25)20-6-8-36(3)9-7-20/h4-5,12,14-18,20,34H,6-11,13H2,1-3H3. The van der Waals surface area contributed by atoms with Crippen LogP contribution >= 0.6 is 0 Å². The van der Waals surface area contributed by atoms with Crippen molar-refractivity contribution in [2.24, 2.45) is 0 Å². The van der Waals surface area contributed by atoms with E-state index >= 15 is 4.39 Å². The molecule has 1 N–H and O–H groups in total.